The van der Waals surface area contributed by atoms with Crippen molar-refractivity contribution in [3.63, 3.8) is 0 Å². The second kappa shape index (κ2) is 10.7. The average Bonchev–Trinajstić information content (AvgIpc) is 3.37. The van der Waals surface area contributed by atoms with Crippen molar-refractivity contribution in [2.24, 2.45) is 11.3 Å². The van der Waals surface area contributed by atoms with E-state index in [-0.39, 0.29) is 15.5 Å². The molecular formula is C24H27Cl2F3N4O3S2. The van der Waals surface area contributed by atoms with Gasteiger partial charge in [-0.3, -0.25) is 0 Å². The number of nitrogens with zero attached hydrogens (tertiary/aromatic N) is 3. The normalized spacial score (nSPS) is 16.0. The van der Waals surface area contributed by atoms with Gasteiger partial charge in [-0.1, -0.05) is 74.5 Å². The summed E-state index contributed by atoms with van der Waals surface area (Å²) in [6.45, 7) is 6.88. The Balaban J connectivity index is 1.72. The fraction of sp³-hybridized carbons (Fsp3) is 0.542. The van der Waals surface area contributed by atoms with Crippen molar-refractivity contribution in [3.05, 3.63) is 33.8 Å². The van der Waals surface area contributed by atoms with Crippen LogP contribution >= 0.6 is 34.5 Å². The predicted molar refractivity (Wildman–Crippen MR) is 141 cm³/mol. The lowest BCUT2D eigenvalue weighted by molar-refractivity contribution is -0.147. The van der Waals surface area contributed by atoms with Crippen LogP contribution in [-0.4, -0.2) is 35.8 Å². The van der Waals surface area contributed by atoms with Gasteiger partial charge in [0, 0.05) is 12.0 Å². The first-order chi connectivity index (χ1) is 17.5. The SMILES string of the molecule is C[C@H](NS(=O)(=O)c1ccc(-c2sc(-c3noc(CC(C)(C)C)n3)nc2CC2CCC2)c(Cl)c1Cl)C(F)(F)F. The zero-order valence-electron chi connectivity index (χ0n) is 21.1. The summed E-state index contributed by atoms with van der Waals surface area (Å²) in [6.07, 6.45) is -0.220. The third-order valence-corrected chi connectivity index (χ3v) is 9.85. The number of sulfonamides is 1. The van der Waals surface area contributed by atoms with Crippen LogP contribution in [0.15, 0.2) is 21.6 Å². The minimum atomic E-state index is -4.76. The van der Waals surface area contributed by atoms with Gasteiger partial charge in [0.05, 0.1) is 20.6 Å². The fourth-order valence-corrected chi connectivity index (χ4v) is 7.11. The summed E-state index contributed by atoms with van der Waals surface area (Å²) in [4.78, 5) is 9.39. The van der Waals surface area contributed by atoms with Crippen LogP contribution in [0.25, 0.3) is 21.3 Å². The van der Waals surface area contributed by atoms with Crippen molar-refractivity contribution >= 4 is 44.6 Å². The van der Waals surface area contributed by atoms with E-state index in [0.717, 1.165) is 31.0 Å². The first-order valence-electron chi connectivity index (χ1n) is 12.0. The molecule has 1 atom stereocenters. The molecule has 1 N–H and O–H groups in total. The lowest BCUT2D eigenvalue weighted by Crippen LogP contribution is -2.43. The zero-order valence-corrected chi connectivity index (χ0v) is 24.3. The van der Waals surface area contributed by atoms with E-state index in [1.165, 1.54) is 17.4 Å². The van der Waals surface area contributed by atoms with Crippen LogP contribution < -0.4 is 4.72 Å². The van der Waals surface area contributed by atoms with Gasteiger partial charge in [0.25, 0.3) is 0 Å². The maximum Gasteiger partial charge on any atom is 0.404 e. The quantitative estimate of drug-likeness (QED) is 0.287. The minimum Gasteiger partial charge on any atom is -0.339 e. The molecule has 1 aliphatic carbocycles. The van der Waals surface area contributed by atoms with Gasteiger partial charge < -0.3 is 4.52 Å². The number of thiazole rings is 1. The van der Waals surface area contributed by atoms with E-state index < -0.39 is 27.1 Å². The molecular weight excluding hydrogens is 584 g/mol. The molecule has 0 bridgehead atoms. The van der Waals surface area contributed by atoms with Gasteiger partial charge in [-0.2, -0.15) is 22.9 Å². The van der Waals surface area contributed by atoms with Crippen LogP contribution in [0, 0.1) is 11.3 Å². The largest absolute Gasteiger partial charge is 0.404 e. The van der Waals surface area contributed by atoms with Crippen LogP contribution in [-0.2, 0) is 22.9 Å². The Kier molecular flexibility index (Phi) is 8.22. The molecule has 4 rings (SSSR count). The van der Waals surface area contributed by atoms with Gasteiger partial charge in [0.15, 0.2) is 5.01 Å². The minimum absolute atomic E-state index is 0.0493. The molecule has 14 heteroatoms. The number of hydrogen-bond acceptors (Lipinski definition) is 7. The molecule has 3 aromatic rings. The first kappa shape index (κ1) is 29.3. The molecule has 38 heavy (non-hydrogen) atoms. The summed E-state index contributed by atoms with van der Waals surface area (Å²) in [7, 11) is -4.60. The lowest BCUT2D eigenvalue weighted by atomic mass is 9.82. The standard InChI is InChI=1S/C24H27Cl2F3N4O3S2/c1-12(24(27,28)29)33-38(34,35)16-9-8-14(18(25)19(16)26)20-15(10-13-6-5-7-13)30-22(37-20)21-31-17(36-32-21)11-23(2,3)4/h8-9,12-13,33H,5-7,10-11H2,1-4H3/t12-/m0/s1. The number of rotatable bonds is 8. The molecule has 0 saturated heterocycles. The molecule has 0 aliphatic heterocycles. The van der Waals surface area contributed by atoms with Crippen molar-refractivity contribution in [1.29, 1.82) is 0 Å². The summed E-state index contributed by atoms with van der Waals surface area (Å²) < 4.78 is 71.2. The smallest absolute Gasteiger partial charge is 0.339 e. The second-order valence-electron chi connectivity index (χ2n) is 10.7. The monoisotopic (exact) mass is 610 g/mol. The molecule has 2 heterocycles. The van der Waals surface area contributed by atoms with Gasteiger partial charge in [-0.25, -0.2) is 13.4 Å². The van der Waals surface area contributed by atoms with E-state index in [9.17, 15) is 21.6 Å². The third-order valence-electron chi connectivity index (χ3n) is 6.15. The van der Waals surface area contributed by atoms with Crippen LogP contribution in [0.3, 0.4) is 0 Å². The Morgan fingerprint density at radius 2 is 1.84 bits per heavy atom. The van der Waals surface area contributed by atoms with Gasteiger partial charge in [0.2, 0.25) is 21.7 Å². The van der Waals surface area contributed by atoms with Gasteiger partial charge in [0.1, 0.15) is 10.9 Å². The van der Waals surface area contributed by atoms with Gasteiger partial charge in [-0.05, 0) is 30.7 Å². The highest BCUT2D eigenvalue weighted by molar-refractivity contribution is 7.89. The van der Waals surface area contributed by atoms with Crippen molar-refractivity contribution in [3.8, 4) is 21.3 Å². The number of aromatic nitrogens is 3. The molecule has 1 aromatic carbocycles. The average molecular weight is 612 g/mol. The highest BCUT2D eigenvalue weighted by Crippen LogP contribution is 2.44. The maximum atomic E-state index is 13.0. The topological polar surface area (TPSA) is 98.0 Å². The van der Waals surface area contributed by atoms with Crippen LogP contribution in [0.5, 0.6) is 0 Å². The second-order valence-corrected chi connectivity index (χ2v) is 14.1. The molecule has 0 radical (unpaired) electrons. The van der Waals surface area contributed by atoms with E-state index in [1.54, 1.807) is 4.72 Å². The molecule has 1 saturated carbocycles. The number of halogens is 5. The Morgan fingerprint density at radius 3 is 2.42 bits per heavy atom. The summed E-state index contributed by atoms with van der Waals surface area (Å²) >= 11 is 14.1. The van der Waals surface area contributed by atoms with Gasteiger partial charge >= 0.3 is 6.18 Å². The molecule has 1 fully saturated rings. The summed E-state index contributed by atoms with van der Waals surface area (Å²) in [5, 5.41) is 4.14. The highest BCUT2D eigenvalue weighted by atomic mass is 35.5. The Bertz CT molecular complexity index is 1430. The Hall–Kier alpha value is -1.73. The lowest BCUT2D eigenvalue weighted by Gasteiger charge is -2.24. The number of alkyl halides is 3. The van der Waals surface area contributed by atoms with Crippen molar-refractivity contribution in [2.75, 3.05) is 0 Å². The highest BCUT2D eigenvalue weighted by Gasteiger charge is 2.39. The maximum absolute atomic E-state index is 13.0. The molecule has 7 nitrogen and oxygen atoms in total. The van der Waals surface area contributed by atoms with E-state index >= 15 is 0 Å². The summed E-state index contributed by atoms with van der Waals surface area (Å²) in [6, 6.07) is 0.277. The van der Waals surface area contributed by atoms with Gasteiger partial charge in [-0.15, -0.1) is 11.3 Å². The van der Waals surface area contributed by atoms with E-state index in [4.69, 9.17) is 32.7 Å². The van der Waals surface area contributed by atoms with Crippen LogP contribution in [0.4, 0.5) is 13.2 Å². The van der Waals surface area contributed by atoms with Crippen molar-refractivity contribution in [1.82, 2.24) is 19.8 Å². The molecule has 0 unspecified atom stereocenters. The molecule has 1 aliphatic rings. The fourth-order valence-electron chi connectivity index (χ4n) is 3.91. The summed E-state index contributed by atoms with van der Waals surface area (Å²) in [5.41, 5.74) is 1.12. The number of nitrogens with one attached hydrogen (secondary N) is 1. The van der Waals surface area contributed by atoms with E-state index in [1.807, 2.05) is 0 Å². The third kappa shape index (κ3) is 6.52. The van der Waals surface area contributed by atoms with Crippen LogP contribution in [0.2, 0.25) is 10.0 Å². The number of hydrogen-bond donors (Lipinski definition) is 1. The predicted octanol–water partition coefficient (Wildman–Crippen LogP) is 7.33. The molecule has 0 spiro atoms. The Morgan fingerprint density at radius 1 is 1.16 bits per heavy atom. The van der Waals surface area contributed by atoms with Crippen molar-refractivity contribution < 1.29 is 26.1 Å². The van der Waals surface area contributed by atoms with E-state index in [2.05, 4.69) is 30.9 Å². The Labute approximate surface area is 233 Å². The molecule has 208 valence electrons. The van der Waals surface area contributed by atoms with E-state index in [0.29, 0.717) is 52.8 Å². The summed E-state index contributed by atoms with van der Waals surface area (Å²) in [5.74, 6) is 1.27. The van der Waals surface area contributed by atoms with Crippen LogP contribution in [0.1, 0.15) is 58.5 Å². The number of benzene rings is 1. The van der Waals surface area contributed by atoms with Crippen molar-refractivity contribution in [2.45, 2.75) is 76.9 Å². The first-order valence-corrected chi connectivity index (χ1v) is 15.0. The molecule has 2 aromatic heterocycles. The molecule has 0 amide bonds. The zero-order chi connectivity index (χ0) is 28.0.